The fourth-order valence-electron chi connectivity index (χ4n) is 12.9. The van der Waals surface area contributed by atoms with Crippen molar-refractivity contribution >= 4 is 106 Å². The molecule has 0 saturated carbocycles. The summed E-state index contributed by atoms with van der Waals surface area (Å²) in [6.45, 7) is 11.0. The van der Waals surface area contributed by atoms with E-state index in [1.54, 1.807) is 91.9 Å². The number of nitrogens with one attached hydrogen (secondary N) is 10. The Morgan fingerprint density at radius 2 is 0.974 bits per heavy atom. The largest absolute Gasteiger partial charge is 0.481 e. The molecule has 2 fully saturated rings. The molecule has 2 aliphatic heterocycles. The molecule has 2 saturated heterocycles. The van der Waals surface area contributed by atoms with E-state index in [1.165, 1.54) is 60.7 Å². The normalized spacial score (nSPS) is 25.5. The number of amides is 15. The molecule has 2 heterocycles. The van der Waals surface area contributed by atoms with E-state index in [2.05, 4.69) is 53.2 Å². The number of rotatable bonds is 17. The van der Waals surface area contributed by atoms with Crippen LogP contribution in [0.25, 0.3) is 11.1 Å². The van der Waals surface area contributed by atoms with E-state index >= 15 is 4.79 Å². The number of aliphatic hydroxyl groups is 2. The van der Waals surface area contributed by atoms with Crippen LogP contribution in [0.1, 0.15) is 104 Å². The topological polar surface area (TPSA) is 493 Å². The lowest BCUT2D eigenvalue weighted by Gasteiger charge is -2.35. The quantitative estimate of drug-likeness (QED) is 0.0561. The van der Waals surface area contributed by atoms with E-state index < -0.39 is 216 Å². The minimum absolute atomic E-state index is 0.0191. The molecule has 0 radical (unpaired) electrons. The van der Waals surface area contributed by atoms with E-state index in [-0.39, 0.29) is 44.5 Å². The van der Waals surface area contributed by atoms with Gasteiger partial charge >= 0.3 is 5.97 Å². The van der Waals surface area contributed by atoms with Gasteiger partial charge in [0.2, 0.25) is 88.6 Å². The van der Waals surface area contributed by atoms with Crippen LogP contribution in [0.15, 0.2) is 115 Å². The molecular weight excluding hydrogens is 1500 g/mol. The Kier molecular flexibility index (Phi) is 35.0. The number of likely N-dealkylation sites (N-methyl/N-ethyl adjacent to an activating group) is 4. The average molecular weight is 1600 g/mol. The third-order valence-corrected chi connectivity index (χ3v) is 20.8. The zero-order valence-electron chi connectivity index (χ0n) is 65.8. The number of carboxylic acid groups (broad SMARTS) is 1. The number of aliphatic carboxylic acids is 1. The lowest BCUT2D eigenvalue weighted by Crippen LogP contribution is -2.64. The Hall–Kier alpha value is -11.3. The Balaban J connectivity index is 1.39. The van der Waals surface area contributed by atoms with Crippen molar-refractivity contribution in [1.82, 2.24) is 72.8 Å². The Morgan fingerprint density at radius 3 is 1.50 bits per heavy atom. The molecule has 0 bridgehead atoms. The van der Waals surface area contributed by atoms with Crippen molar-refractivity contribution in [3.8, 4) is 11.1 Å². The summed E-state index contributed by atoms with van der Waals surface area (Å²) in [4.78, 5) is 231. The molecule has 15 atom stereocenters. The lowest BCUT2D eigenvalue weighted by atomic mass is 9.99. The third-order valence-electron chi connectivity index (χ3n) is 19.8. The van der Waals surface area contributed by atoms with Gasteiger partial charge in [0.05, 0.1) is 24.4 Å². The van der Waals surface area contributed by atoms with Crippen molar-refractivity contribution in [2.45, 2.75) is 198 Å². The van der Waals surface area contributed by atoms with E-state index in [4.69, 9.17) is 5.73 Å². The van der Waals surface area contributed by atoms with Crippen LogP contribution in [-0.4, -0.2) is 266 Å². The van der Waals surface area contributed by atoms with Crippen LogP contribution in [0.4, 0.5) is 0 Å². The number of benzene rings is 4. The standard InChI is InChI=1S/C79H107N15O19S/c1-12-81-68(102)58-41-114-42-62(98)83-54(37-49-23-16-13-17-24-49)69(103)88-64(43(2)3)73(107)84-55(40-61(80)97)70(104)89-66(48(8)96)75(109)90-65(47(7)95)74(108)86-57(38-50-25-18-14-19-26-50)78(112)91(9)45(5)67(101)85-56(39-51-30-32-53(33-31-51)52-27-20-15-21-28-52)79(113)92(10)46(6)77(111)93(11)59(34-35-63(99)100)71(105)82-44(4)76(110)94-36-22-29-60(94)72(106)87-58/h13-21,23-28,30-33,43-48,54-60,64-66,95-96H,12,22,29,34-42H2,1-11H3,(H2,80,97)(H,81,102)(H,82,105)(H,83,98)(H,84,107)(H,85,101)(H,86,108)(H,87,106)(H,88,103)(H,89,104)(H,90,109)(H,99,100)/t44-,45-,46-,47+,48+,54-,55-,56-,57-,58-,59-,60-,64-,65-,66-/m0/s1. The second-order valence-electron chi connectivity index (χ2n) is 28.8. The Morgan fingerprint density at radius 1 is 0.509 bits per heavy atom. The van der Waals surface area contributed by atoms with Crippen LogP contribution in [0, 0.1) is 5.92 Å². The van der Waals surface area contributed by atoms with Crippen LogP contribution in [0.3, 0.4) is 0 Å². The summed E-state index contributed by atoms with van der Waals surface area (Å²) in [6, 6.07) is 12.7. The van der Waals surface area contributed by atoms with Gasteiger partial charge in [-0.1, -0.05) is 129 Å². The number of carbonyl (C=O) groups excluding carboxylic acids is 15. The van der Waals surface area contributed by atoms with Crippen molar-refractivity contribution < 1.29 is 92.0 Å². The molecule has 4 aromatic carbocycles. The zero-order valence-corrected chi connectivity index (χ0v) is 66.7. The van der Waals surface area contributed by atoms with Crippen molar-refractivity contribution in [1.29, 1.82) is 0 Å². The van der Waals surface area contributed by atoms with Crippen molar-refractivity contribution in [3.63, 3.8) is 0 Å². The molecule has 34 nitrogen and oxygen atoms in total. The minimum Gasteiger partial charge on any atom is -0.481 e. The molecule has 618 valence electrons. The van der Waals surface area contributed by atoms with Crippen molar-refractivity contribution in [2.24, 2.45) is 11.7 Å². The van der Waals surface area contributed by atoms with Gasteiger partial charge in [0.1, 0.15) is 78.5 Å². The number of aliphatic hydroxyl groups excluding tert-OH is 2. The summed E-state index contributed by atoms with van der Waals surface area (Å²) in [7, 11) is 3.71. The van der Waals surface area contributed by atoms with Gasteiger partial charge in [-0.25, -0.2) is 0 Å². The van der Waals surface area contributed by atoms with Crippen LogP contribution in [0.2, 0.25) is 0 Å². The van der Waals surface area contributed by atoms with Gasteiger partial charge in [-0.3, -0.25) is 76.7 Å². The molecular formula is C79H107N15O19S. The first kappa shape index (κ1) is 91.5. The predicted octanol–water partition coefficient (Wildman–Crippen LogP) is -1.68. The van der Waals surface area contributed by atoms with Gasteiger partial charge in [0.15, 0.2) is 0 Å². The number of thioether (sulfide) groups is 1. The Bertz CT molecular complexity index is 4070. The number of nitrogens with two attached hydrogens (primary N) is 1. The smallest absolute Gasteiger partial charge is 0.303 e. The first-order valence-corrected chi connectivity index (χ1v) is 38.8. The van der Waals surface area contributed by atoms with E-state index in [9.17, 15) is 87.2 Å². The van der Waals surface area contributed by atoms with E-state index in [0.29, 0.717) is 23.1 Å². The summed E-state index contributed by atoms with van der Waals surface area (Å²) in [5.74, 6) is -17.1. The average Bonchev–Trinajstić information content (AvgIpc) is 1.17. The summed E-state index contributed by atoms with van der Waals surface area (Å²) in [6.07, 6.45) is -5.87. The number of fused-ring (bicyclic) bond motifs is 1. The first-order valence-electron chi connectivity index (χ1n) is 37.7. The fourth-order valence-corrected chi connectivity index (χ4v) is 13.8. The molecule has 35 heteroatoms. The molecule has 4 aromatic rings. The van der Waals surface area contributed by atoms with Gasteiger partial charge in [0, 0.05) is 65.7 Å². The van der Waals surface area contributed by atoms with Crippen molar-refractivity contribution in [2.75, 3.05) is 45.7 Å². The van der Waals surface area contributed by atoms with Crippen LogP contribution >= 0.6 is 11.8 Å². The van der Waals surface area contributed by atoms with Crippen LogP contribution < -0.4 is 58.9 Å². The number of carboxylic acids is 1. The minimum atomic E-state index is -2.02. The summed E-state index contributed by atoms with van der Waals surface area (Å²) in [5.41, 5.74) is 8.81. The maximum Gasteiger partial charge on any atom is 0.303 e. The van der Waals surface area contributed by atoms with Gasteiger partial charge in [-0.15, -0.1) is 11.8 Å². The molecule has 114 heavy (non-hydrogen) atoms. The molecule has 0 unspecified atom stereocenters. The van der Waals surface area contributed by atoms with Gasteiger partial charge in [-0.2, -0.15) is 0 Å². The summed E-state index contributed by atoms with van der Waals surface area (Å²) in [5, 5.41) is 57.6. The first-order chi connectivity index (χ1) is 53.9. The molecule has 15 amide bonds. The van der Waals surface area contributed by atoms with E-state index in [0.717, 1.165) is 51.4 Å². The van der Waals surface area contributed by atoms with Crippen LogP contribution in [0.5, 0.6) is 0 Å². The number of primary amides is 1. The maximum atomic E-state index is 15.1. The lowest BCUT2D eigenvalue weighted by molar-refractivity contribution is -0.149. The second kappa shape index (κ2) is 43.6. The molecule has 6 rings (SSSR count). The number of nitrogens with zero attached hydrogens (tertiary/aromatic N) is 4. The van der Waals surface area contributed by atoms with Crippen molar-refractivity contribution in [3.05, 3.63) is 132 Å². The molecule has 15 N–H and O–H groups in total. The SMILES string of the molecule is CCNC(=O)[C@@H]1CSCC(=O)N[C@@H](Cc2ccccc2)C(=O)N[C@@H](C(C)C)C(=O)N[C@@H](CC(N)=O)C(=O)N[C@@H]([C@@H](C)O)C(=O)N[C@@H]([C@@H](C)O)C(=O)N[C@@H](Cc2ccccc2)C(=O)N(C)[C@@H](C)C(=O)N[C@@H](Cc2ccc(-c3ccccc3)cc2)C(=O)N(C)[C@@H](C)C(=O)N(C)[C@@H](CCC(=O)O)C(=O)N[C@@H](C)C(=O)N2CCC[C@H]2C(=O)N1. The highest BCUT2D eigenvalue weighted by atomic mass is 32.2. The van der Waals surface area contributed by atoms with Crippen LogP contribution in [-0.2, 0) is 96.0 Å². The zero-order chi connectivity index (χ0) is 84.4. The predicted molar refractivity (Wildman–Crippen MR) is 420 cm³/mol. The Labute approximate surface area is 666 Å². The fraction of sp³-hybridized carbons (Fsp3) is 0.494. The van der Waals surface area contributed by atoms with Gasteiger partial charge in [0.25, 0.3) is 0 Å². The number of hydrogen-bond acceptors (Lipinski definition) is 19. The highest BCUT2D eigenvalue weighted by molar-refractivity contribution is 8.00. The molecule has 0 aliphatic carbocycles. The third kappa shape index (κ3) is 26.4. The second-order valence-corrected chi connectivity index (χ2v) is 29.9. The highest BCUT2D eigenvalue weighted by Crippen LogP contribution is 2.24. The van der Waals surface area contributed by atoms with E-state index in [1.807, 2.05) is 30.3 Å². The monoisotopic (exact) mass is 1600 g/mol. The molecule has 2 aliphatic rings. The maximum absolute atomic E-state index is 15.1. The highest BCUT2D eigenvalue weighted by Gasteiger charge is 2.43. The summed E-state index contributed by atoms with van der Waals surface area (Å²) < 4.78 is 0. The molecule has 0 spiro atoms. The molecule has 0 aromatic heterocycles. The number of hydrogen-bond donors (Lipinski definition) is 14. The van der Waals surface area contributed by atoms with Gasteiger partial charge in [-0.05, 0) is 94.5 Å². The van der Waals surface area contributed by atoms with Gasteiger partial charge < -0.3 is 93.8 Å². The number of carbonyl (C=O) groups is 16. The summed E-state index contributed by atoms with van der Waals surface area (Å²) >= 11 is 0.894.